The Hall–Kier alpha value is -2.89. The van der Waals surface area contributed by atoms with E-state index in [9.17, 15) is 9.59 Å². The van der Waals surface area contributed by atoms with Gasteiger partial charge in [0, 0.05) is 17.5 Å². The lowest BCUT2D eigenvalue weighted by Gasteiger charge is -2.14. The quantitative estimate of drug-likeness (QED) is 0.798. The van der Waals surface area contributed by atoms with Gasteiger partial charge in [-0.05, 0) is 37.1 Å². The second kappa shape index (κ2) is 8.47. The molecule has 1 saturated carbocycles. The van der Waals surface area contributed by atoms with Crippen LogP contribution in [0.25, 0.3) is 0 Å². The van der Waals surface area contributed by atoms with Gasteiger partial charge in [0.1, 0.15) is 5.75 Å². The number of primary amides is 1. The van der Waals surface area contributed by atoms with E-state index in [0.29, 0.717) is 22.9 Å². The van der Waals surface area contributed by atoms with Crippen molar-refractivity contribution in [2.24, 2.45) is 11.7 Å². The number of pyridine rings is 1. The maximum atomic E-state index is 12.4. The maximum absolute atomic E-state index is 12.4. The second-order valence-electron chi connectivity index (χ2n) is 6.56. The summed E-state index contributed by atoms with van der Waals surface area (Å²) in [5, 5.41) is 2.94. The number of amides is 2. The molecule has 1 aromatic carbocycles. The molecule has 0 unspecified atom stereocenters. The Kier molecular flexibility index (Phi) is 5.84. The first-order chi connectivity index (χ1) is 12.6. The van der Waals surface area contributed by atoms with Crippen molar-refractivity contribution in [1.82, 2.24) is 4.98 Å². The Labute approximate surface area is 152 Å². The highest BCUT2D eigenvalue weighted by Gasteiger charge is 2.20. The number of carbonyl (C=O) groups excluding carboxylic acids is 2. The van der Waals surface area contributed by atoms with E-state index in [0.717, 1.165) is 25.7 Å². The summed E-state index contributed by atoms with van der Waals surface area (Å²) in [6.07, 6.45) is 8.15. The number of benzene rings is 1. The first-order valence-corrected chi connectivity index (χ1v) is 8.96. The number of rotatable bonds is 5. The molecule has 1 aliphatic rings. The summed E-state index contributed by atoms with van der Waals surface area (Å²) in [5.74, 6) is 0.490. The summed E-state index contributed by atoms with van der Waals surface area (Å²) in [5.41, 5.74) is 6.28. The van der Waals surface area contributed by atoms with Crippen LogP contribution in [-0.4, -0.2) is 16.8 Å². The summed E-state index contributed by atoms with van der Waals surface area (Å²) in [4.78, 5) is 27.8. The van der Waals surface area contributed by atoms with Crippen molar-refractivity contribution in [3.05, 3.63) is 48.2 Å². The predicted octanol–water partition coefficient (Wildman–Crippen LogP) is 3.88. The zero-order valence-electron chi connectivity index (χ0n) is 14.6. The summed E-state index contributed by atoms with van der Waals surface area (Å²) in [6, 6.07) is 10.0. The van der Waals surface area contributed by atoms with Crippen LogP contribution in [0.3, 0.4) is 0 Å². The Morgan fingerprint density at radius 3 is 2.50 bits per heavy atom. The van der Waals surface area contributed by atoms with Gasteiger partial charge in [0.15, 0.2) is 0 Å². The predicted molar refractivity (Wildman–Crippen MR) is 99.1 cm³/mol. The molecule has 136 valence electrons. The zero-order valence-corrected chi connectivity index (χ0v) is 14.6. The first kappa shape index (κ1) is 17.9. The lowest BCUT2D eigenvalue weighted by atomic mass is 9.99. The molecule has 0 radical (unpaired) electrons. The number of hydrogen-bond acceptors (Lipinski definition) is 4. The van der Waals surface area contributed by atoms with Crippen molar-refractivity contribution in [1.29, 1.82) is 0 Å². The topological polar surface area (TPSA) is 94.3 Å². The molecule has 1 heterocycles. The Morgan fingerprint density at radius 1 is 1.08 bits per heavy atom. The van der Waals surface area contributed by atoms with Crippen molar-refractivity contribution < 1.29 is 14.3 Å². The lowest BCUT2D eigenvalue weighted by Crippen LogP contribution is -2.22. The van der Waals surface area contributed by atoms with Crippen molar-refractivity contribution in [3.63, 3.8) is 0 Å². The van der Waals surface area contributed by atoms with Crippen LogP contribution in [0.2, 0.25) is 0 Å². The molecule has 6 nitrogen and oxygen atoms in total. The molecule has 1 fully saturated rings. The van der Waals surface area contributed by atoms with Gasteiger partial charge >= 0.3 is 0 Å². The highest BCUT2D eigenvalue weighted by atomic mass is 16.5. The van der Waals surface area contributed by atoms with Crippen molar-refractivity contribution >= 4 is 17.5 Å². The van der Waals surface area contributed by atoms with E-state index in [1.165, 1.54) is 12.8 Å². The van der Waals surface area contributed by atoms with E-state index < -0.39 is 5.91 Å². The standard InChI is InChI=1S/C20H23N3O3/c21-19(24)15-8-5-9-17(12-15)26-18-11-10-16(13-22-18)23-20(25)14-6-3-1-2-4-7-14/h5,8-14H,1-4,6-7H2,(H2,21,24)(H,23,25). The summed E-state index contributed by atoms with van der Waals surface area (Å²) in [6.45, 7) is 0. The Bertz CT molecular complexity index is 766. The molecule has 0 bridgehead atoms. The molecule has 2 aromatic rings. The number of ether oxygens (including phenoxy) is 1. The number of nitrogens with one attached hydrogen (secondary N) is 1. The highest BCUT2D eigenvalue weighted by Crippen LogP contribution is 2.25. The number of carbonyl (C=O) groups is 2. The van der Waals surface area contributed by atoms with Crippen LogP contribution >= 0.6 is 0 Å². The Balaban J connectivity index is 1.60. The van der Waals surface area contributed by atoms with E-state index >= 15 is 0 Å². The fraction of sp³-hybridized carbons (Fsp3) is 0.350. The smallest absolute Gasteiger partial charge is 0.248 e. The van der Waals surface area contributed by atoms with Gasteiger partial charge in [-0.25, -0.2) is 4.98 Å². The van der Waals surface area contributed by atoms with Crippen molar-refractivity contribution in [2.75, 3.05) is 5.32 Å². The summed E-state index contributed by atoms with van der Waals surface area (Å²) >= 11 is 0. The summed E-state index contributed by atoms with van der Waals surface area (Å²) in [7, 11) is 0. The van der Waals surface area contributed by atoms with Gasteiger partial charge in [0.25, 0.3) is 0 Å². The van der Waals surface area contributed by atoms with Gasteiger partial charge in [-0.3, -0.25) is 9.59 Å². The highest BCUT2D eigenvalue weighted by molar-refractivity contribution is 5.93. The molecule has 0 spiro atoms. The van der Waals surface area contributed by atoms with Crippen LogP contribution < -0.4 is 15.8 Å². The van der Waals surface area contributed by atoms with E-state index in [1.54, 1.807) is 42.6 Å². The van der Waals surface area contributed by atoms with E-state index in [1.807, 2.05) is 0 Å². The van der Waals surface area contributed by atoms with Gasteiger partial charge in [0.05, 0.1) is 11.9 Å². The molecule has 3 rings (SSSR count). The fourth-order valence-electron chi connectivity index (χ4n) is 3.13. The van der Waals surface area contributed by atoms with Gasteiger partial charge < -0.3 is 15.8 Å². The molecule has 1 aliphatic carbocycles. The molecule has 0 aliphatic heterocycles. The minimum absolute atomic E-state index is 0.0662. The summed E-state index contributed by atoms with van der Waals surface area (Å²) < 4.78 is 5.63. The third kappa shape index (κ3) is 4.81. The number of anilines is 1. The largest absolute Gasteiger partial charge is 0.439 e. The van der Waals surface area contributed by atoms with Crippen LogP contribution in [0, 0.1) is 5.92 Å². The Morgan fingerprint density at radius 2 is 1.85 bits per heavy atom. The average Bonchev–Trinajstić information content (AvgIpc) is 2.93. The van der Waals surface area contributed by atoms with Crippen molar-refractivity contribution in [2.45, 2.75) is 38.5 Å². The molecule has 26 heavy (non-hydrogen) atoms. The van der Waals surface area contributed by atoms with Gasteiger partial charge in [-0.1, -0.05) is 31.7 Å². The zero-order chi connectivity index (χ0) is 18.4. The second-order valence-corrected chi connectivity index (χ2v) is 6.56. The number of nitrogens with zero attached hydrogens (tertiary/aromatic N) is 1. The van der Waals surface area contributed by atoms with Crippen LogP contribution in [0.5, 0.6) is 11.6 Å². The monoisotopic (exact) mass is 353 g/mol. The number of aromatic nitrogens is 1. The van der Waals surface area contributed by atoms with Crippen LogP contribution in [0.4, 0.5) is 5.69 Å². The van der Waals surface area contributed by atoms with Gasteiger partial charge in [-0.15, -0.1) is 0 Å². The normalized spacial score (nSPS) is 15.1. The minimum Gasteiger partial charge on any atom is -0.439 e. The molecule has 3 N–H and O–H groups in total. The molecule has 1 aromatic heterocycles. The fourth-order valence-corrected chi connectivity index (χ4v) is 3.13. The third-order valence-electron chi connectivity index (χ3n) is 4.57. The van der Waals surface area contributed by atoms with Crippen LogP contribution in [0.15, 0.2) is 42.6 Å². The van der Waals surface area contributed by atoms with E-state index in [2.05, 4.69) is 10.3 Å². The van der Waals surface area contributed by atoms with Crippen LogP contribution in [0.1, 0.15) is 48.9 Å². The molecule has 2 amide bonds. The molecular formula is C20H23N3O3. The van der Waals surface area contributed by atoms with E-state index in [-0.39, 0.29) is 11.8 Å². The molecular weight excluding hydrogens is 330 g/mol. The SMILES string of the molecule is NC(=O)c1cccc(Oc2ccc(NC(=O)C3CCCCCC3)cn2)c1. The molecule has 6 heteroatoms. The molecule has 0 atom stereocenters. The minimum atomic E-state index is -0.514. The average molecular weight is 353 g/mol. The van der Waals surface area contributed by atoms with Gasteiger partial charge in [-0.2, -0.15) is 0 Å². The van der Waals surface area contributed by atoms with Crippen molar-refractivity contribution in [3.8, 4) is 11.6 Å². The first-order valence-electron chi connectivity index (χ1n) is 8.96. The van der Waals surface area contributed by atoms with Gasteiger partial charge in [0.2, 0.25) is 17.7 Å². The third-order valence-corrected chi connectivity index (χ3v) is 4.57. The number of hydrogen-bond donors (Lipinski definition) is 2. The number of nitrogens with two attached hydrogens (primary N) is 1. The molecule has 0 saturated heterocycles. The van der Waals surface area contributed by atoms with E-state index in [4.69, 9.17) is 10.5 Å². The lowest BCUT2D eigenvalue weighted by molar-refractivity contribution is -0.120. The maximum Gasteiger partial charge on any atom is 0.248 e. The van der Waals surface area contributed by atoms with Crippen LogP contribution in [-0.2, 0) is 4.79 Å².